The highest BCUT2D eigenvalue weighted by atomic mass is 35.5. The van der Waals surface area contributed by atoms with Gasteiger partial charge < -0.3 is 0 Å². The molecular weight excluding hydrogens is 291 g/mol. The second-order valence-corrected chi connectivity index (χ2v) is 6.22. The van der Waals surface area contributed by atoms with Crippen LogP contribution < -0.4 is 0 Å². The third-order valence-corrected chi connectivity index (χ3v) is 3.94. The normalized spacial score (nSPS) is 11.3. The highest BCUT2D eigenvalue weighted by molar-refractivity contribution is 6.31. The summed E-state index contributed by atoms with van der Waals surface area (Å²) in [6.45, 7) is 7.11. The van der Waals surface area contributed by atoms with Crippen LogP contribution >= 0.6 is 23.2 Å². The zero-order chi connectivity index (χ0) is 14.7. The Morgan fingerprint density at radius 1 is 1.20 bits per heavy atom. The highest BCUT2D eigenvalue weighted by Gasteiger charge is 2.16. The fourth-order valence-electron chi connectivity index (χ4n) is 2.18. The van der Waals surface area contributed by atoms with Crippen LogP contribution in [0.5, 0.6) is 0 Å². The zero-order valence-corrected chi connectivity index (χ0v) is 13.7. The fraction of sp³-hybridized carbons (Fsp3) is 0.438. The minimum atomic E-state index is 0.411. The van der Waals surface area contributed by atoms with Gasteiger partial charge in [0.25, 0.3) is 0 Å². The van der Waals surface area contributed by atoms with Gasteiger partial charge in [0, 0.05) is 5.56 Å². The third kappa shape index (κ3) is 3.56. The molecule has 0 aliphatic heterocycles. The minimum Gasteiger partial charge on any atom is -0.249 e. The van der Waals surface area contributed by atoms with Gasteiger partial charge in [0.15, 0.2) is 0 Å². The summed E-state index contributed by atoms with van der Waals surface area (Å²) < 4.78 is 1.85. The second-order valence-electron chi connectivity index (χ2n) is 5.59. The van der Waals surface area contributed by atoms with Crippen LogP contribution in [-0.4, -0.2) is 9.78 Å². The van der Waals surface area contributed by atoms with Crippen molar-refractivity contribution in [1.29, 1.82) is 0 Å². The summed E-state index contributed by atoms with van der Waals surface area (Å²) in [6, 6.07) is 8.42. The molecule has 20 heavy (non-hydrogen) atoms. The molecular formula is C16H20Cl2N2. The molecule has 0 saturated carbocycles. The van der Waals surface area contributed by atoms with E-state index in [2.05, 4.69) is 50.1 Å². The van der Waals surface area contributed by atoms with Gasteiger partial charge in [0.05, 0.1) is 18.1 Å². The summed E-state index contributed by atoms with van der Waals surface area (Å²) >= 11 is 12.4. The van der Waals surface area contributed by atoms with Gasteiger partial charge in [0.1, 0.15) is 5.15 Å². The van der Waals surface area contributed by atoms with Crippen molar-refractivity contribution >= 4 is 23.2 Å². The van der Waals surface area contributed by atoms with Crippen molar-refractivity contribution in [2.24, 2.45) is 5.92 Å². The van der Waals surface area contributed by atoms with Gasteiger partial charge in [-0.2, -0.15) is 5.10 Å². The van der Waals surface area contributed by atoms with Crippen LogP contribution in [0.2, 0.25) is 5.15 Å². The Labute approximate surface area is 130 Å². The quantitative estimate of drug-likeness (QED) is 0.723. The Morgan fingerprint density at radius 2 is 1.85 bits per heavy atom. The van der Waals surface area contributed by atoms with Gasteiger partial charge >= 0.3 is 0 Å². The van der Waals surface area contributed by atoms with Crippen LogP contribution in [0, 0.1) is 12.8 Å². The van der Waals surface area contributed by atoms with Gasteiger partial charge in [0.2, 0.25) is 0 Å². The maximum Gasteiger partial charge on any atom is 0.132 e. The average Bonchev–Trinajstić information content (AvgIpc) is 2.67. The molecule has 1 heterocycles. The maximum absolute atomic E-state index is 6.41. The Morgan fingerprint density at radius 3 is 2.40 bits per heavy atom. The first-order valence-corrected chi connectivity index (χ1v) is 7.78. The van der Waals surface area contributed by atoms with Crippen molar-refractivity contribution in [3.63, 3.8) is 0 Å². The summed E-state index contributed by atoms with van der Waals surface area (Å²) in [5, 5.41) is 5.30. The predicted octanol–water partition coefficient (Wildman–Crippen LogP) is 4.83. The lowest BCUT2D eigenvalue weighted by Crippen LogP contribution is -2.03. The Hall–Kier alpha value is -0.990. The van der Waals surface area contributed by atoms with Gasteiger partial charge in [-0.15, -0.1) is 11.6 Å². The number of halogens is 2. The molecule has 2 aromatic rings. The zero-order valence-electron chi connectivity index (χ0n) is 12.2. The molecule has 1 aromatic heterocycles. The van der Waals surface area contributed by atoms with Crippen molar-refractivity contribution in [2.75, 3.05) is 0 Å². The average molecular weight is 311 g/mol. The van der Waals surface area contributed by atoms with Crippen molar-refractivity contribution < 1.29 is 0 Å². The van der Waals surface area contributed by atoms with E-state index in [9.17, 15) is 0 Å². The van der Waals surface area contributed by atoms with Gasteiger partial charge in [-0.05, 0) is 24.8 Å². The highest BCUT2D eigenvalue weighted by Crippen LogP contribution is 2.25. The molecule has 0 unspecified atom stereocenters. The first-order valence-electron chi connectivity index (χ1n) is 6.86. The maximum atomic E-state index is 6.41. The number of nitrogens with zero attached hydrogens (tertiary/aromatic N) is 2. The molecule has 2 rings (SSSR count). The first-order chi connectivity index (χ1) is 9.51. The van der Waals surface area contributed by atoms with E-state index in [1.54, 1.807) is 0 Å². The van der Waals surface area contributed by atoms with E-state index in [1.165, 1.54) is 11.1 Å². The predicted molar refractivity (Wildman–Crippen MR) is 85.6 cm³/mol. The molecule has 108 valence electrons. The Bertz CT molecular complexity index is 571. The van der Waals surface area contributed by atoms with Crippen LogP contribution in [0.3, 0.4) is 0 Å². The summed E-state index contributed by atoms with van der Waals surface area (Å²) in [5.74, 6) is 0.949. The lowest BCUT2D eigenvalue weighted by molar-refractivity contribution is 0.607. The number of benzene rings is 1. The van der Waals surface area contributed by atoms with E-state index in [4.69, 9.17) is 23.2 Å². The van der Waals surface area contributed by atoms with Crippen molar-refractivity contribution in [3.05, 3.63) is 51.8 Å². The van der Waals surface area contributed by atoms with Crippen LogP contribution in [0.4, 0.5) is 0 Å². The molecule has 1 aromatic carbocycles. The van der Waals surface area contributed by atoms with Gasteiger partial charge in [-0.25, -0.2) is 4.68 Å². The molecule has 0 N–H and O–H groups in total. The third-order valence-electron chi connectivity index (χ3n) is 3.25. The van der Waals surface area contributed by atoms with E-state index >= 15 is 0 Å². The summed E-state index contributed by atoms with van der Waals surface area (Å²) in [7, 11) is 0. The van der Waals surface area contributed by atoms with Gasteiger partial charge in [-0.3, -0.25) is 0 Å². The lowest BCUT2D eigenvalue weighted by atomic mass is 10.1. The standard InChI is InChI=1S/C16H20Cl2N2/c1-11(2)8-15-14(9-17)16(18)20(19-15)10-13-6-4-12(3)5-7-13/h4-7,11H,8-10H2,1-3H3. The van der Waals surface area contributed by atoms with E-state index < -0.39 is 0 Å². The van der Waals surface area contributed by atoms with E-state index in [-0.39, 0.29) is 0 Å². The molecule has 0 aliphatic carbocycles. The van der Waals surface area contributed by atoms with Crippen LogP contribution in [0.1, 0.15) is 36.2 Å². The largest absolute Gasteiger partial charge is 0.249 e. The monoisotopic (exact) mass is 310 g/mol. The topological polar surface area (TPSA) is 17.8 Å². The first kappa shape index (κ1) is 15.4. The molecule has 0 aliphatic rings. The van der Waals surface area contributed by atoms with Crippen molar-refractivity contribution in [3.8, 4) is 0 Å². The van der Waals surface area contributed by atoms with E-state index in [0.717, 1.165) is 17.7 Å². The fourth-order valence-corrected chi connectivity index (χ4v) is 2.80. The van der Waals surface area contributed by atoms with Crippen LogP contribution in [0.25, 0.3) is 0 Å². The molecule has 0 radical (unpaired) electrons. The molecule has 2 nitrogen and oxygen atoms in total. The minimum absolute atomic E-state index is 0.411. The van der Waals surface area contributed by atoms with Crippen LogP contribution in [0.15, 0.2) is 24.3 Å². The smallest absolute Gasteiger partial charge is 0.132 e. The van der Waals surface area contributed by atoms with Gasteiger partial charge in [-0.1, -0.05) is 55.3 Å². The second kappa shape index (κ2) is 6.64. The number of alkyl halides is 1. The SMILES string of the molecule is Cc1ccc(Cn2nc(CC(C)C)c(CCl)c2Cl)cc1. The number of aromatic nitrogens is 2. The summed E-state index contributed by atoms with van der Waals surface area (Å²) in [4.78, 5) is 0. The summed E-state index contributed by atoms with van der Waals surface area (Å²) in [6.07, 6.45) is 0.905. The molecule has 4 heteroatoms. The lowest BCUT2D eigenvalue weighted by Gasteiger charge is -2.04. The van der Waals surface area contributed by atoms with Crippen LogP contribution in [-0.2, 0) is 18.8 Å². The Kier molecular flexibility index (Phi) is 5.11. The van der Waals surface area contributed by atoms with Crippen molar-refractivity contribution in [1.82, 2.24) is 9.78 Å². The number of rotatable bonds is 5. The molecule has 0 spiro atoms. The molecule has 0 saturated heterocycles. The number of hydrogen-bond acceptors (Lipinski definition) is 1. The molecule has 0 amide bonds. The molecule has 0 atom stereocenters. The van der Waals surface area contributed by atoms with E-state index in [0.29, 0.717) is 23.5 Å². The van der Waals surface area contributed by atoms with E-state index in [1.807, 2.05) is 4.68 Å². The number of aryl methyl sites for hydroxylation is 1. The molecule has 0 fully saturated rings. The molecule has 0 bridgehead atoms. The van der Waals surface area contributed by atoms with Crippen molar-refractivity contribution in [2.45, 2.75) is 39.6 Å². The summed E-state index contributed by atoms with van der Waals surface area (Å²) in [5.41, 5.74) is 4.43. The Balaban J connectivity index is 2.27. The number of hydrogen-bond donors (Lipinski definition) is 0.